The van der Waals surface area contributed by atoms with Gasteiger partial charge in [0.2, 0.25) is 5.82 Å². The van der Waals surface area contributed by atoms with Crippen LogP contribution in [0, 0.1) is 17.1 Å². The monoisotopic (exact) mass is 266 g/mol. The summed E-state index contributed by atoms with van der Waals surface area (Å²) in [7, 11) is 0. The van der Waals surface area contributed by atoms with Gasteiger partial charge in [-0.05, 0) is 30.3 Å². The Labute approximate surface area is 113 Å². The molecule has 0 unspecified atom stereocenters. The van der Waals surface area contributed by atoms with Crippen molar-refractivity contribution in [1.82, 2.24) is 15.1 Å². The molecule has 0 atom stereocenters. The molecule has 96 valence electrons. The SMILES string of the molecule is N#Cc1cc(-c2nc(-c3cccnc3)no2)ccc1F. The summed E-state index contributed by atoms with van der Waals surface area (Å²) in [4.78, 5) is 8.17. The molecule has 1 aromatic carbocycles. The standard InChI is InChI=1S/C14H7FN4O/c15-12-4-3-9(6-11(12)7-16)14-18-13(19-20-14)10-2-1-5-17-8-10/h1-6,8H. The maximum Gasteiger partial charge on any atom is 0.258 e. The Balaban J connectivity index is 2.01. The number of rotatable bonds is 2. The third-order valence-corrected chi connectivity index (χ3v) is 2.68. The fourth-order valence-electron chi connectivity index (χ4n) is 1.70. The molecule has 0 bridgehead atoms. The van der Waals surface area contributed by atoms with Gasteiger partial charge in [-0.3, -0.25) is 4.98 Å². The lowest BCUT2D eigenvalue weighted by Crippen LogP contribution is -1.86. The third-order valence-electron chi connectivity index (χ3n) is 2.68. The highest BCUT2D eigenvalue weighted by atomic mass is 19.1. The van der Waals surface area contributed by atoms with Crippen molar-refractivity contribution >= 4 is 0 Å². The number of hydrogen-bond donors (Lipinski definition) is 0. The molecule has 6 heteroatoms. The van der Waals surface area contributed by atoms with Crippen LogP contribution in [0.3, 0.4) is 0 Å². The second-order valence-electron chi connectivity index (χ2n) is 3.97. The molecule has 0 aliphatic heterocycles. The lowest BCUT2D eigenvalue weighted by molar-refractivity contribution is 0.432. The molecule has 3 rings (SSSR count). The van der Waals surface area contributed by atoms with Crippen LogP contribution in [0.1, 0.15) is 5.56 Å². The summed E-state index contributed by atoms with van der Waals surface area (Å²) in [5, 5.41) is 12.6. The van der Waals surface area contributed by atoms with Crippen LogP contribution in [0.25, 0.3) is 22.8 Å². The van der Waals surface area contributed by atoms with Gasteiger partial charge in [0.15, 0.2) is 0 Å². The fraction of sp³-hybridized carbons (Fsp3) is 0. The number of benzene rings is 1. The van der Waals surface area contributed by atoms with E-state index in [1.807, 2.05) is 0 Å². The van der Waals surface area contributed by atoms with Crippen molar-refractivity contribution in [1.29, 1.82) is 5.26 Å². The number of hydrogen-bond acceptors (Lipinski definition) is 5. The first-order valence-corrected chi connectivity index (χ1v) is 5.72. The van der Waals surface area contributed by atoms with E-state index in [0.717, 1.165) is 0 Å². The fourth-order valence-corrected chi connectivity index (χ4v) is 1.70. The van der Waals surface area contributed by atoms with Crippen LogP contribution in [-0.2, 0) is 0 Å². The van der Waals surface area contributed by atoms with Gasteiger partial charge >= 0.3 is 0 Å². The predicted octanol–water partition coefficient (Wildman–Crippen LogP) is 2.81. The minimum absolute atomic E-state index is 0.0661. The number of pyridine rings is 1. The summed E-state index contributed by atoms with van der Waals surface area (Å²) in [5.41, 5.74) is 1.14. The van der Waals surface area contributed by atoms with Gasteiger partial charge in [0.05, 0.1) is 5.56 Å². The van der Waals surface area contributed by atoms with Crippen LogP contribution in [0.4, 0.5) is 4.39 Å². The molecule has 0 amide bonds. The van der Waals surface area contributed by atoms with Gasteiger partial charge in [-0.15, -0.1) is 0 Å². The van der Waals surface area contributed by atoms with Crippen LogP contribution in [-0.4, -0.2) is 15.1 Å². The molecule has 0 aliphatic carbocycles. The van der Waals surface area contributed by atoms with Crippen molar-refractivity contribution in [2.24, 2.45) is 0 Å². The Morgan fingerprint density at radius 1 is 1.20 bits per heavy atom. The number of nitrogens with zero attached hydrogens (tertiary/aromatic N) is 4. The zero-order chi connectivity index (χ0) is 13.9. The summed E-state index contributed by atoms with van der Waals surface area (Å²) in [6, 6.07) is 9.38. The van der Waals surface area contributed by atoms with Crippen LogP contribution in [0.2, 0.25) is 0 Å². The molecule has 0 aliphatic rings. The van der Waals surface area contributed by atoms with E-state index < -0.39 is 5.82 Å². The van der Waals surface area contributed by atoms with Crippen molar-refractivity contribution in [3.8, 4) is 28.9 Å². The molecule has 0 saturated heterocycles. The number of halogens is 1. The quantitative estimate of drug-likeness (QED) is 0.712. The van der Waals surface area contributed by atoms with E-state index in [-0.39, 0.29) is 11.5 Å². The Bertz CT molecular complexity index is 792. The maximum atomic E-state index is 13.3. The Morgan fingerprint density at radius 2 is 2.10 bits per heavy atom. The first kappa shape index (κ1) is 12.0. The molecule has 0 N–H and O–H groups in total. The van der Waals surface area contributed by atoms with Gasteiger partial charge in [-0.2, -0.15) is 10.2 Å². The molecule has 3 aromatic rings. The minimum Gasteiger partial charge on any atom is -0.334 e. The normalized spacial score (nSPS) is 10.2. The maximum absolute atomic E-state index is 13.3. The van der Waals surface area contributed by atoms with Crippen molar-refractivity contribution in [2.45, 2.75) is 0 Å². The molecule has 0 spiro atoms. The van der Waals surface area contributed by atoms with Crippen molar-refractivity contribution in [3.63, 3.8) is 0 Å². The molecule has 5 nitrogen and oxygen atoms in total. The zero-order valence-electron chi connectivity index (χ0n) is 10.1. The van der Waals surface area contributed by atoms with E-state index in [1.165, 1.54) is 18.2 Å². The molecule has 2 aromatic heterocycles. The van der Waals surface area contributed by atoms with Crippen molar-refractivity contribution in [2.75, 3.05) is 0 Å². The van der Waals surface area contributed by atoms with Gasteiger partial charge in [0.1, 0.15) is 11.9 Å². The van der Waals surface area contributed by atoms with Gasteiger partial charge in [-0.25, -0.2) is 4.39 Å². The second kappa shape index (κ2) is 4.90. The average Bonchev–Trinajstić information content (AvgIpc) is 2.98. The number of aromatic nitrogens is 3. The summed E-state index contributed by atoms with van der Waals surface area (Å²) in [6.45, 7) is 0. The molecule has 0 radical (unpaired) electrons. The lowest BCUT2D eigenvalue weighted by atomic mass is 10.1. The summed E-state index contributed by atoms with van der Waals surface area (Å²) < 4.78 is 18.4. The first-order chi connectivity index (χ1) is 9.78. The predicted molar refractivity (Wildman–Crippen MR) is 67.6 cm³/mol. The highest BCUT2D eigenvalue weighted by Gasteiger charge is 2.12. The Morgan fingerprint density at radius 3 is 2.85 bits per heavy atom. The molecular weight excluding hydrogens is 259 g/mol. The van der Waals surface area contributed by atoms with Gasteiger partial charge in [0.25, 0.3) is 5.89 Å². The minimum atomic E-state index is -0.580. The largest absolute Gasteiger partial charge is 0.334 e. The average molecular weight is 266 g/mol. The van der Waals surface area contributed by atoms with Crippen LogP contribution in [0.5, 0.6) is 0 Å². The van der Waals surface area contributed by atoms with E-state index in [0.29, 0.717) is 17.0 Å². The third kappa shape index (κ3) is 2.12. The van der Waals surface area contributed by atoms with E-state index in [4.69, 9.17) is 9.78 Å². The van der Waals surface area contributed by atoms with Crippen LogP contribution in [0.15, 0.2) is 47.2 Å². The highest BCUT2D eigenvalue weighted by molar-refractivity contribution is 5.60. The van der Waals surface area contributed by atoms with Crippen LogP contribution < -0.4 is 0 Å². The van der Waals surface area contributed by atoms with Crippen molar-refractivity contribution in [3.05, 3.63) is 54.1 Å². The summed E-state index contributed by atoms with van der Waals surface area (Å²) in [6.07, 6.45) is 3.25. The zero-order valence-corrected chi connectivity index (χ0v) is 10.1. The smallest absolute Gasteiger partial charge is 0.258 e. The summed E-state index contributed by atoms with van der Waals surface area (Å²) >= 11 is 0. The molecule has 2 heterocycles. The second-order valence-corrected chi connectivity index (χ2v) is 3.97. The molecular formula is C14H7FN4O. The molecule has 0 fully saturated rings. The van der Waals surface area contributed by atoms with E-state index in [2.05, 4.69) is 15.1 Å². The van der Waals surface area contributed by atoms with Gasteiger partial charge in [-0.1, -0.05) is 5.16 Å². The van der Waals surface area contributed by atoms with Crippen molar-refractivity contribution < 1.29 is 8.91 Å². The molecule has 20 heavy (non-hydrogen) atoms. The molecule has 0 saturated carbocycles. The van der Waals surface area contributed by atoms with E-state index >= 15 is 0 Å². The van der Waals surface area contributed by atoms with E-state index in [9.17, 15) is 4.39 Å². The van der Waals surface area contributed by atoms with Gasteiger partial charge in [0, 0.05) is 23.5 Å². The number of nitriles is 1. The topological polar surface area (TPSA) is 75.6 Å². The van der Waals surface area contributed by atoms with Gasteiger partial charge < -0.3 is 4.52 Å². The van der Waals surface area contributed by atoms with E-state index in [1.54, 1.807) is 30.6 Å². The van der Waals surface area contributed by atoms with Crippen LogP contribution >= 0.6 is 0 Å². The summed E-state index contributed by atoms with van der Waals surface area (Å²) in [5.74, 6) is 0.0273. The Kier molecular flexibility index (Phi) is 2.94. The Hall–Kier alpha value is -3.07. The lowest BCUT2D eigenvalue weighted by Gasteiger charge is -1.96. The first-order valence-electron chi connectivity index (χ1n) is 5.72. The highest BCUT2D eigenvalue weighted by Crippen LogP contribution is 2.23.